The Morgan fingerprint density at radius 1 is 1.24 bits per heavy atom. The molecule has 2 aromatic carbocycles. The predicted octanol–water partition coefficient (Wildman–Crippen LogP) is 4.85. The van der Waals surface area contributed by atoms with Crippen LogP contribution in [0.15, 0.2) is 48.5 Å². The van der Waals surface area contributed by atoms with Crippen LogP contribution in [-0.4, -0.2) is 11.5 Å². The van der Waals surface area contributed by atoms with Gasteiger partial charge in [0.1, 0.15) is 5.02 Å². The monoisotopic (exact) mass is 304 g/mol. The Hall–Kier alpha value is -2.07. The number of nitrogens with zero attached hydrogens (tertiary/aromatic N) is 1. The van der Waals surface area contributed by atoms with Crippen molar-refractivity contribution in [2.24, 2.45) is 0 Å². The topological polar surface area (TPSA) is 55.2 Å². The van der Waals surface area contributed by atoms with Crippen LogP contribution in [0.3, 0.4) is 0 Å². The minimum absolute atomic E-state index is 0.0715. The van der Waals surface area contributed by atoms with Crippen LogP contribution >= 0.6 is 11.6 Å². The van der Waals surface area contributed by atoms with Gasteiger partial charge in [-0.2, -0.15) is 0 Å². The Kier molecular flexibility index (Phi) is 5.17. The fraction of sp³-hybridized carbons (Fsp3) is 0.250. The number of hydrogen-bond donors (Lipinski definition) is 1. The van der Waals surface area contributed by atoms with E-state index in [0.29, 0.717) is 11.6 Å². The molecule has 5 heteroatoms. The molecule has 0 fully saturated rings. The molecule has 1 atom stereocenters. The molecule has 4 nitrogen and oxygen atoms in total. The summed E-state index contributed by atoms with van der Waals surface area (Å²) in [5.74, 6) is 0.431. The molecule has 0 aliphatic carbocycles. The molecule has 0 aliphatic heterocycles. The Morgan fingerprint density at radius 2 is 1.95 bits per heavy atom. The van der Waals surface area contributed by atoms with E-state index in [0.717, 1.165) is 13.0 Å². The third kappa shape index (κ3) is 4.20. The average Bonchev–Trinajstić information content (AvgIpc) is 2.49. The summed E-state index contributed by atoms with van der Waals surface area (Å²) in [6.45, 7) is 2.91. The van der Waals surface area contributed by atoms with E-state index in [4.69, 9.17) is 11.6 Å². The van der Waals surface area contributed by atoms with E-state index in [2.05, 4.69) is 24.4 Å². The van der Waals surface area contributed by atoms with E-state index >= 15 is 0 Å². The molecule has 2 aromatic rings. The number of halogens is 1. The highest BCUT2D eigenvalue weighted by molar-refractivity contribution is 6.32. The van der Waals surface area contributed by atoms with Gasteiger partial charge in [-0.3, -0.25) is 10.1 Å². The minimum Gasteiger partial charge on any atom is -0.385 e. The second kappa shape index (κ2) is 7.09. The van der Waals surface area contributed by atoms with Crippen molar-refractivity contribution in [3.05, 3.63) is 69.2 Å². The summed E-state index contributed by atoms with van der Waals surface area (Å²) in [6, 6.07) is 15.0. The van der Waals surface area contributed by atoms with E-state index < -0.39 is 4.92 Å². The van der Waals surface area contributed by atoms with Crippen LogP contribution in [0.4, 0.5) is 11.4 Å². The van der Waals surface area contributed by atoms with Crippen LogP contribution in [0, 0.1) is 10.1 Å². The molecular formula is C16H17ClN2O2. The second-order valence-corrected chi connectivity index (χ2v) is 5.36. The highest BCUT2D eigenvalue weighted by Crippen LogP contribution is 2.27. The van der Waals surface area contributed by atoms with Crippen LogP contribution < -0.4 is 5.32 Å². The highest BCUT2D eigenvalue weighted by atomic mass is 35.5. The molecule has 0 aromatic heterocycles. The molecule has 1 N–H and O–H groups in total. The quantitative estimate of drug-likeness (QED) is 0.613. The van der Waals surface area contributed by atoms with Gasteiger partial charge < -0.3 is 5.32 Å². The lowest BCUT2D eigenvalue weighted by Crippen LogP contribution is -2.06. The van der Waals surface area contributed by atoms with Gasteiger partial charge in [0.2, 0.25) is 0 Å². The highest BCUT2D eigenvalue weighted by Gasteiger charge is 2.12. The molecule has 0 aliphatic rings. The Bertz CT molecular complexity index is 617. The lowest BCUT2D eigenvalue weighted by Gasteiger charge is -2.13. The first-order chi connectivity index (χ1) is 10.1. The van der Waals surface area contributed by atoms with Crippen LogP contribution in [0.2, 0.25) is 5.02 Å². The molecule has 0 heterocycles. The third-order valence-corrected chi connectivity index (χ3v) is 3.74. The third-order valence-electron chi connectivity index (χ3n) is 3.42. The molecule has 0 saturated heterocycles. The van der Waals surface area contributed by atoms with Crippen LogP contribution in [0.25, 0.3) is 0 Å². The summed E-state index contributed by atoms with van der Waals surface area (Å²) in [5, 5.41) is 14.2. The van der Waals surface area contributed by atoms with Gasteiger partial charge in [-0.25, -0.2) is 0 Å². The van der Waals surface area contributed by atoms with Gasteiger partial charge in [0.25, 0.3) is 5.69 Å². The number of nitro groups is 1. The lowest BCUT2D eigenvalue weighted by molar-refractivity contribution is -0.384. The summed E-state index contributed by atoms with van der Waals surface area (Å²) in [7, 11) is 0. The van der Waals surface area contributed by atoms with E-state index in [1.807, 2.05) is 18.2 Å². The minimum atomic E-state index is -0.472. The van der Waals surface area contributed by atoms with Crippen LogP contribution in [0.1, 0.15) is 24.8 Å². The maximum atomic E-state index is 10.8. The standard InChI is InChI=1S/C16H17ClN2O2/c1-12(13-5-3-2-4-6-13)9-10-18-14-7-8-15(17)16(11-14)19(20)21/h2-8,11-12,18H,9-10H2,1H3. The van der Waals surface area contributed by atoms with Crippen molar-refractivity contribution in [2.45, 2.75) is 19.3 Å². The normalized spacial score (nSPS) is 11.9. The number of benzene rings is 2. The van der Waals surface area contributed by atoms with Gasteiger partial charge in [-0.1, -0.05) is 48.9 Å². The molecule has 0 spiro atoms. The first kappa shape index (κ1) is 15.3. The fourth-order valence-corrected chi connectivity index (χ4v) is 2.33. The Balaban J connectivity index is 1.92. The summed E-state index contributed by atoms with van der Waals surface area (Å²) in [6.07, 6.45) is 0.945. The number of rotatable bonds is 6. The molecule has 0 bridgehead atoms. The predicted molar refractivity (Wildman–Crippen MR) is 86.1 cm³/mol. The fourth-order valence-electron chi connectivity index (χ4n) is 2.14. The zero-order valence-corrected chi connectivity index (χ0v) is 12.5. The van der Waals surface area contributed by atoms with E-state index in [1.165, 1.54) is 11.6 Å². The van der Waals surface area contributed by atoms with Gasteiger partial charge in [0.15, 0.2) is 0 Å². The van der Waals surface area contributed by atoms with Gasteiger partial charge in [-0.15, -0.1) is 0 Å². The molecule has 21 heavy (non-hydrogen) atoms. The molecule has 1 unspecified atom stereocenters. The van der Waals surface area contributed by atoms with Gasteiger partial charge in [0.05, 0.1) is 4.92 Å². The van der Waals surface area contributed by atoms with E-state index in [9.17, 15) is 10.1 Å². The molecular weight excluding hydrogens is 288 g/mol. The summed E-state index contributed by atoms with van der Waals surface area (Å²) >= 11 is 5.79. The van der Waals surface area contributed by atoms with E-state index in [1.54, 1.807) is 12.1 Å². The summed E-state index contributed by atoms with van der Waals surface area (Å²) < 4.78 is 0. The van der Waals surface area contributed by atoms with Crippen molar-refractivity contribution in [3.8, 4) is 0 Å². The van der Waals surface area contributed by atoms with Crippen molar-refractivity contribution in [1.82, 2.24) is 0 Å². The summed E-state index contributed by atoms with van der Waals surface area (Å²) in [5.41, 5.74) is 1.94. The van der Waals surface area contributed by atoms with Crippen molar-refractivity contribution in [3.63, 3.8) is 0 Å². The molecule has 0 saturated carbocycles. The maximum Gasteiger partial charge on any atom is 0.289 e. The van der Waals surface area contributed by atoms with Crippen molar-refractivity contribution >= 4 is 23.0 Å². The van der Waals surface area contributed by atoms with Gasteiger partial charge >= 0.3 is 0 Å². The smallest absolute Gasteiger partial charge is 0.289 e. The van der Waals surface area contributed by atoms with E-state index in [-0.39, 0.29) is 10.7 Å². The second-order valence-electron chi connectivity index (χ2n) is 4.95. The molecule has 110 valence electrons. The number of nitro benzene ring substituents is 1. The largest absolute Gasteiger partial charge is 0.385 e. The summed E-state index contributed by atoms with van der Waals surface area (Å²) in [4.78, 5) is 10.4. The van der Waals surface area contributed by atoms with Gasteiger partial charge in [0, 0.05) is 18.3 Å². The Morgan fingerprint density at radius 3 is 2.62 bits per heavy atom. The molecule has 0 amide bonds. The van der Waals surface area contributed by atoms with Crippen molar-refractivity contribution in [2.75, 3.05) is 11.9 Å². The first-order valence-corrected chi connectivity index (χ1v) is 7.18. The SMILES string of the molecule is CC(CCNc1ccc(Cl)c([N+](=O)[O-])c1)c1ccccc1. The van der Waals surface area contributed by atoms with Crippen molar-refractivity contribution in [1.29, 1.82) is 0 Å². The maximum absolute atomic E-state index is 10.8. The first-order valence-electron chi connectivity index (χ1n) is 6.80. The number of anilines is 1. The number of nitrogens with one attached hydrogen (secondary N) is 1. The molecule has 2 rings (SSSR count). The number of hydrogen-bond acceptors (Lipinski definition) is 3. The average molecular weight is 305 g/mol. The Labute approximate surface area is 128 Å². The zero-order valence-electron chi connectivity index (χ0n) is 11.8. The van der Waals surface area contributed by atoms with Crippen LogP contribution in [0.5, 0.6) is 0 Å². The van der Waals surface area contributed by atoms with Gasteiger partial charge in [-0.05, 0) is 30.0 Å². The lowest BCUT2D eigenvalue weighted by atomic mass is 9.98. The molecule has 0 radical (unpaired) electrons. The zero-order chi connectivity index (χ0) is 15.2. The van der Waals surface area contributed by atoms with Crippen LogP contribution in [-0.2, 0) is 0 Å². The van der Waals surface area contributed by atoms with Crippen molar-refractivity contribution < 1.29 is 4.92 Å².